The van der Waals surface area contributed by atoms with E-state index >= 15 is 0 Å². The molecule has 0 amide bonds. The van der Waals surface area contributed by atoms with E-state index in [1.807, 2.05) is 19.9 Å². The zero-order valence-corrected chi connectivity index (χ0v) is 14.8. The highest BCUT2D eigenvalue weighted by molar-refractivity contribution is 6.30. The van der Waals surface area contributed by atoms with Crippen LogP contribution in [0.5, 0.6) is 17.2 Å². The summed E-state index contributed by atoms with van der Waals surface area (Å²) in [6.07, 6.45) is -0.779. The first-order chi connectivity index (χ1) is 12.0. The van der Waals surface area contributed by atoms with Crippen LogP contribution in [0.2, 0.25) is 5.02 Å². The predicted octanol–water partition coefficient (Wildman–Crippen LogP) is 5.44. The number of rotatable bonds is 3. The minimum absolute atomic E-state index is 0.413. The number of hydrogen-bond donors (Lipinski definition) is 0. The molecule has 0 saturated carbocycles. The zero-order valence-electron chi connectivity index (χ0n) is 14.0. The highest BCUT2D eigenvalue weighted by Crippen LogP contribution is 2.34. The van der Waals surface area contributed by atoms with Crippen molar-refractivity contribution in [1.82, 2.24) is 4.98 Å². The molecule has 1 aromatic heterocycles. The number of carbonyl (C=O) groups excluding carboxylic acids is 1. The minimum atomic E-state index is -0.779. The molecule has 0 fully saturated rings. The van der Waals surface area contributed by atoms with Crippen molar-refractivity contribution in [3.63, 3.8) is 0 Å². The number of ether oxygens (including phenoxy) is 3. The van der Waals surface area contributed by atoms with Gasteiger partial charge in [0.2, 0.25) is 0 Å². The molecule has 128 valence electrons. The second-order valence-corrected chi connectivity index (χ2v) is 5.88. The first kappa shape index (κ1) is 17.0. The van der Waals surface area contributed by atoms with E-state index in [4.69, 9.17) is 21.1 Å². The Morgan fingerprint density at radius 1 is 1.04 bits per heavy atom. The molecular formula is C19H16ClNO4. The number of aromatic nitrogens is 1. The number of hydrogen-bond acceptors (Lipinski definition) is 5. The average molecular weight is 358 g/mol. The smallest absolute Gasteiger partial charge is 0.457 e. The van der Waals surface area contributed by atoms with Crippen LogP contribution in [-0.2, 0) is 4.74 Å². The summed E-state index contributed by atoms with van der Waals surface area (Å²) in [4.78, 5) is 16.1. The number of benzene rings is 2. The van der Waals surface area contributed by atoms with E-state index in [1.165, 1.54) is 7.11 Å². The topological polar surface area (TPSA) is 57.7 Å². The van der Waals surface area contributed by atoms with Gasteiger partial charge >= 0.3 is 6.16 Å². The maximum Gasteiger partial charge on any atom is 0.513 e. The van der Waals surface area contributed by atoms with Crippen molar-refractivity contribution >= 4 is 28.7 Å². The third-order valence-corrected chi connectivity index (χ3v) is 4.04. The molecule has 0 atom stereocenters. The van der Waals surface area contributed by atoms with Gasteiger partial charge in [0.25, 0.3) is 0 Å². The van der Waals surface area contributed by atoms with Gasteiger partial charge in [-0.25, -0.2) is 4.79 Å². The minimum Gasteiger partial charge on any atom is -0.457 e. The number of aryl methyl sites for hydroxylation is 1. The van der Waals surface area contributed by atoms with Gasteiger partial charge in [-0.1, -0.05) is 11.6 Å². The number of nitrogens with zero attached hydrogens (tertiary/aromatic N) is 1. The zero-order chi connectivity index (χ0) is 18.0. The normalized spacial score (nSPS) is 10.6. The van der Waals surface area contributed by atoms with Gasteiger partial charge in [0.1, 0.15) is 17.2 Å². The van der Waals surface area contributed by atoms with Crippen LogP contribution in [0.3, 0.4) is 0 Å². The molecule has 0 unspecified atom stereocenters. The van der Waals surface area contributed by atoms with E-state index in [9.17, 15) is 4.79 Å². The Morgan fingerprint density at radius 3 is 2.40 bits per heavy atom. The third kappa shape index (κ3) is 3.67. The Kier molecular flexibility index (Phi) is 4.76. The van der Waals surface area contributed by atoms with E-state index in [0.29, 0.717) is 33.2 Å². The summed E-state index contributed by atoms with van der Waals surface area (Å²) in [5.41, 5.74) is 2.24. The van der Waals surface area contributed by atoms with Gasteiger partial charge in [-0.05, 0) is 56.3 Å². The quantitative estimate of drug-likeness (QED) is 0.584. The van der Waals surface area contributed by atoms with Crippen LogP contribution in [0.15, 0.2) is 42.5 Å². The number of methoxy groups -OCH3 is 1. The molecule has 3 rings (SSSR count). The van der Waals surface area contributed by atoms with Crippen molar-refractivity contribution in [2.45, 2.75) is 13.8 Å². The standard InChI is InChI=1S/C19H16ClNO4/c1-11-12(2)21-17-9-8-15(24-14-6-4-13(20)5-7-14)10-16(17)18(11)25-19(22)23-3/h4-10H,1-3H3. The van der Waals surface area contributed by atoms with Crippen molar-refractivity contribution in [2.24, 2.45) is 0 Å². The molecule has 5 nitrogen and oxygen atoms in total. The summed E-state index contributed by atoms with van der Waals surface area (Å²) in [5.74, 6) is 1.65. The van der Waals surface area contributed by atoms with Crippen LogP contribution in [0.1, 0.15) is 11.3 Å². The van der Waals surface area contributed by atoms with E-state index in [-0.39, 0.29) is 0 Å². The lowest BCUT2D eigenvalue weighted by molar-refractivity contribution is 0.121. The van der Waals surface area contributed by atoms with Gasteiger partial charge in [0, 0.05) is 21.7 Å². The molecule has 6 heteroatoms. The van der Waals surface area contributed by atoms with Crippen LogP contribution >= 0.6 is 11.6 Å². The lowest BCUT2D eigenvalue weighted by Crippen LogP contribution is -2.09. The number of pyridine rings is 1. The Morgan fingerprint density at radius 2 is 1.72 bits per heavy atom. The van der Waals surface area contributed by atoms with Crippen LogP contribution < -0.4 is 9.47 Å². The number of carbonyl (C=O) groups is 1. The van der Waals surface area contributed by atoms with Gasteiger partial charge in [0.15, 0.2) is 0 Å². The Bertz CT molecular complexity index is 938. The van der Waals surface area contributed by atoms with Crippen molar-refractivity contribution in [3.05, 3.63) is 58.7 Å². The summed E-state index contributed by atoms with van der Waals surface area (Å²) < 4.78 is 15.8. The lowest BCUT2D eigenvalue weighted by atomic mass is 10.1. The Labute approximate surface area is 150 Å². The molecular weight excluding hydrogens is 342 g/mol. The molecule has 3 aromatic rings. The third-order valence-electron chi connectivity index (χ3n) is 3.79. The molecule has 0 radical (unpaired) electrons. The van der Waals surface area contributed by atoms with Crippen molar-refractivity contribution in [3.8, 4) is 17.2 Å². The van der Waals surface area contributed by atoms with Crippen molar-refractivity contribution in [2.75, 3.05) is 7.11 Å². The molecule has 0 aliphatic rings. The highest BCUT2D eigenvalue weighted by atomic mass is 35.5. The van der Waals surface area contributed by atoms with Crippen molar-refractivity contribution < 1.29 is 19.0 Å². The Balaban J connectivity index is 2.05. The van der Waals surface area contributed by atoms with E-state index < -0.39 is 6.16 Å². The monoisotopic (exact) mass is 357 g/mol. The maximum absolute atomic E-state index is 11.6. The number of halogens is 1. The highest BCUT2D eigenvalue weighted by Gasteiger charge is 2.15. The molecule has 0 spiro atoms. The fourth-order valence-corrected chi connectivity index (χ4v) is 2.51. The SMILES string of the molecule is COC(=O)Oc1c(C)c(C)nc2ccc(Oc3ccc(Cl)cc3)cc12. The first-order valence-electron chi connectivity index (χ1n) is 7.58. The molecule has 2 aromatic carbocycles. The second-order valence-electron chi connectivity index (χ2n) is 5.44. The molecule has 1 heterocycles. The van der Waals surface area contributed by atoms with Crippen molar-refractivity contribution in [1.29, 1.82) is 0 Å². The Hall–Kier alpha value is -2.79. The molecule has 0 bridgehead atoms. The first-order valence-corrected chi connectivity index (χ1v) is 7.96. The van der Waals surface area contributed by atoms with Gasteiger partial charge in [0.05, 0.1) is 12.6 Å². The summed E-state index contributed by atoms with van der Waals surface area (Å²) in [6.45, 7) is 3.70. The van der Waals surface area contributed by atoms with Gasteiger partial charge in [-0.2, -0.15) is 0 Å². The molecule has 0 saturated heterocycles. The predicted molar refractivity (Wildman–Crippen MR) is 95.8 cm³/mol. The summed E-state index contributed by atoms with van der Waals surface area (Å²) >= 11 is 5.88. The molecule has 0 aliphatic heterocycles. The fourth-order valence-electron chi connectivity index (χ4n) is 2.38. The second kappa shape index (κ2) is 6.99. The average Bonchev–Trinajstić information content (AvgIpc) is 2.61. The van der Waals surface area contributed by atoms with Crippen LogP contribution in [0.4, 0.5) is 4.79 Å². The molecule has 0 aliphatic carbocycles. The lowest BCUT2D eigenvalue weighted by Gasteiger charge is -2.13. The van der Waals surface area contributed by atoms with Crippen LogP contribution in [0, 0.1) is 13.8 Å². The van der Waals surface area contributed by atoms with Gasteiger partial charge < -0.3 is 14.2 Å². The van der Waals surface area contributed by atoms with E-state index in [1.54, 1.807) is 36.4 Å². The number of fused-ring (bicyclic) bond motifs is 1. The largest absolute Gasteiger partial charge is 0.513 e. The maximum atomic E-state index is 11.6. The summed E-state index contributed by atoms with van der Waals surface area (Å²) in [7, 11) is 1.27. The van der Waals surface area contributed by atoms with E-state index in [0.717, 1.165) is 11.3 Å². The molecule has 25 heavy (non-hydrogen) atoms. The van der Waals surface area contributed by atoms with Gasteiger partial charge in [-0.3, -0.25) is 4.98 Å². The fraction of sp³-hybridized carbons (Fsp3) is 0.158. The summed E-state index contributed by atoms with van der Waals surface area (Å²) in [6, 6.07) is 12.4. The van der Waals surface area contributed by atoms with Gasteiger partial charge in [-0.15, -0.1) is 0 Å². The summed E-state index contributed by atoms with van der Waals surface area (Å²) in [5, 5.41) is 1.30. The van der Waals surface area contributed by atoms with Crippen LogP contribution in [0.25, 0.3) is 10.9 Å². The molecule has 0 N–H and O–H groups in total. The van der Waals surface area contributed by atoms with Crippen LogP contribution in [-0.4, -0.2) is 18.2 Å². The van der Waals surface area contributed by atoms with E-state index in [2.05, 4.69) is 9.72 Å².